The summed E-state index contributed by atoms with van der Waals surface area (Å²) in [6.07, 6.45) is 0. The zero-order valence-corrected chi connectivity index (χ0v) is 15.3. The number of carbonyl (C=O) groups is 1. The fraction of sp³-hybridized carbons (Fsp3) is 0.444. The highest BCUT2D eigenvalue weighted by molar-refractivity contribution is 6.34. The number of amides is 1. The summed E-state index contributed by atoms with van der Waals surface area (Å²) < 4.78 is 14.7. The lowest BCUT2D eigenvalue weighted by atomic mass is 10.2. The van der Waals surface area contributed by atoms with Gasteiger partial charge in [0.15, 0.2) is 0 Å². The number of aromatic nitrogens is 2. The van der Waals surface area contributed by atoms with Gasteiger partial charge in [-0.1, -0.05) is 23.7 Å². The first-order valence-electron chi connectivity index (χ1n) is 8.48. The van der Waals surface area contributed by atoms with Crippen molar-refractivity contribution in [2.24, 2.45) is 0 Å². The molecule has 0 spiro atoms. The summed E-state index contributed by atoms with van der Waals surface area (Å²) in [5.41, 5.74) is 2.24. The number of piperazine rings is 1. The average Bonchev–Trinajstić information content (AvgIpc) is 2.91. The van der Waals surface area contributed by atoms with E-state index in [1.54, 1.807) is 16.8 Å². The van der Waals surface area contributed by atoms with Crippen LogP contribution in [0.2, 0.25) is 5.02 Å². The summed E-state index contributed by atoms with van der Waals surface area (Å²) >= 11 is 6.28. The summed E-state index contributed by atoms with van der Waals surface area (Å²) in [5.74, 6) is -0.284. The molecule has 1 amide bonds. The number of hydrogen-bond acceptors (Lipinski definition) is 3. The molecule has 1 aliphatic heterocycles. The van der Waals surface area contributed by atoms with Gasteiger partial charge in [-0.2, -0.15) is 5.10 Å². The molecule has 1 aromatic carbocycles. The minimum atomic E-state index is -0.223. The second-order valence-electron chi connectivity index (χ2n) is 6.26. The smallest absolute Gasteiger partial charge is 0.273 e. The summed E-state index contributed by atoms with van der Waals surface area (Å²) in [6, 6.07) is 6.56. The summed E-state index contributed by atoms with van der Waals surface area (Å²) in [4.78, 5) is 16.9. The van der Waals surface area contributed by atoms with Gasteiger partial charge in [0.05, 0.1) is 10.7 Å². The molecule has 1 aromatic heterocycles. The Labute approximate surface area is 152 Å². The van der Waals surface area contributed by atoms with Gasteiger partial charge in [-0.3, -0.25) is 14.4 Å². The number of rotatable bonds is 4. The first-order valence-corrected chi connectivity index (χ1v) is 8.86. The van der Waals surface area contributed by atoms with Crippen molar-refractivity contribution in [3.8, 4) is 0 Å². The molecule has 1 fully saturated rings. The summed E-state index contributed by atoms with van der Waals surface area (Å²) in [7, 11) is 0. The molecule has 0 aliphatic carbocycles. The first kappa shape index (κ1) is 17.9. The van der Waals surface area contributed by atoms with Gasteiger partial charge in [0.25, 0.3) is 5.91 Å². The van der Waals surface area contributed by atoms with Gasteiger partial charge in [0.1, 0.15) is 11.5 Å². The third-order valence-electron chi connectivity index (χ3n) is 4.54. The number of hydrogen-bond donors (Lipinski definition) is 0. The van der Waals surface area contributed by atoms with Crippen LogP contribution >= 0.6 is 11.6 Å². The zero-order valence-electron chi connectivity index (χ0n) is 14.5. The van der Waals surface area contributed by atoms with Crippen molar-refractivity contribution in [1.82, 2.24) is 19.6 Å². The Balaban J connectivity index is 1.62. The van der Waals surface area contributed by atoms with E-state index in [9.17, 15) is 9.18 Å². The molecule has 0 radical (unpaired) electrons. The van der Waals surface area contributed by atoms with Crippen LogP contribution in [0.15, 0.2) is 24.3 Å². The van der Waals surface area contributed by atoms with Gasteiger partial charge < -0.3 is 4.90 Å². The molecule has 0 unspecified atom stereocenters. The van der Waals surface area contributed by atoms with E-state index < -0.39 is 0 Å². The van der Waals surface area contributed by atoms with Crippen LogP contribution in [0.5, 0.6) is 0 Å². The van der Waals surface area contributed by atoms with Crippen LogP contribution in [-0.2, 0) is 13.1 Å². The SMILES string of the molecule is CCn1nc(C)c(Cl)c1C(=O)N1CCN(Cc2ccc(F)cc2)CC1. The number of nitrogens with zero attached hydrogens (tertiary/aromatic N) is 4. The van der Waals surface area contributed by atoms with Crippen molar-refractivity contribution >= 4 is 17.5 Å². The zero-order chi connectivity index (χ0) is 18.0. The fourth-order valence-corrected chi connectivity index (χ4v) is 3.32. The van der Waals surface area contributed by atoms with Crippen molar-refractivity contribution in [3.05, 3.63) is 52.1 Å². The predicted molar refractivity (Wildman–Crippen MR) is 95.2 cm³/mol. The minimum absolute atomic E-state index is 0.0612. The maximum Gasteiger partial charge on any atom is 0.273 e. The van der Waals surface area contributed by atoms with E-state index in [2.05, 4.69) is 10.00 Å². The molecule has 2 heterocycles. The van der Waals surface area contributed by atoms with E-state index in [-0.39, 0.29) is 11.7 Å². The number of halogens is 2. The Hall–Kier alpha value is -1.92. The molecule has 2 aromatic rings. The Bertz CT molecular complexity index is 751. The van der Waals surface area contributed by atoms with Gasteiger partial charge in [0.2, 0.25) is 0 Å². The lowest BCUT2D eigenvalue weighted by Crippen LogP contribution is -2.48. The molecule has 0 N–H and O–H groups in total. The average molecular weight is 365 g/mol. The third-order valence-corrected chi connectivity index (χ3v) is 4.99. The monoisotopic (exact) mass is 364 g/mol. The highest BCUT2D eigenvalue weighted by Gasteiger charge is 2.27. The van der Waals surface area contributed by atoms with E-state index in [0.717, 1.165) is 25.2 Å². The lowest BCUT2D eigenvalue weighted by Gasteiger charge is -2.34. The molecular formula is C18H22ClFN4O. The maximum atomic E-state index is 13.0. The molecule has 5 nitrogen and oxygen atoms in total. The Morgan fingerprint density at radius 2 is 1.84 bits per heavy atom. The van der Waals surface area contributed by atoms with Crippen molar-refractivity contribution in [3.63, 3.8) is 0 Å². The Morgan fingerprint density at radius 1 is 1.20 bits per heavy atom. The highest BCUT2D eigenvalue weighted by Crippen LogP contribution is 2.22. The quantitative estimate of drug-likeness (QED) is 0.837. The molecule has 0 atom stereocenters. The molecular weight excluding hydrogens is 343 g/mol. The van der Waals surface area contributed by atoms with E-state index >= 15 is 0 Å². The standard InChI is InChI=1S/C18H22ClFN4O/c1-3-24-17(16(19)13(2)21-24)18(25)23-10-8-22(9-11-23)12-14-4-6-15(20)7-5-14/h4-7H,3,8-12H2,1-2H3. The predicted octanol–water partition coefficient (Wildman–Crippen LogP) is 2.96. The summed E-state index contributed by atoms with van der Waals surface area (Å²) in [6.45, 7) is 7.97. The highest BCUT2D eigenvalue weighted by atomic mass is 35.5. The van der Waals surface area contributed by atoms with Gasteiger partial charge >= 0.3 is 0 Å². The third kappa shape index (κ3) is 3.85. The van der Waals surface area contributed by atoms with E-state index in [4.69, 9.17) is 11.6 Å². The Kier molecular flexibility index (Phi) is 5.39. The maximum absolute atomic E-state index is 13.0. The van der Waals surface area contributed by atoms with Crippen LogP contribution in [0.25, 0.3) is 0 Å². The van der Waals surface area contributed by atoms with Crippen LogP contribution in [0.4, 0.5) is 4.39 Å². The lowest BCUT2D eigenvalue weighted by molar-refractivity contribution is 0.0616. The Morgan fingerprint density at radius 3 is 2.44 bits per heavy atom. The van der Waals surface area contributed by atoms with Gasteiger partial charge in [-0.25, -0.2) is 4.39 Å². The topological polar surface area (TPSA) is 41.4 Å². The second kappa shape index (κ2) is 7.54. The fourth-order valence-electron chi connectivity index (χ4n) is 3.10. The van der Waals surface area contributed by atoms with Crippen molar-refractivity contribution < 1.29 is 9.18 Å². The van der Waals surface area contributed by atoms with Crippen molar-refractivity contribution in [1.29, 1.82) is 0 Å². The van der Waals surface area contributed by atoms with Crippen LogP contribution in [-0.4, -0.2) is 51.7 Å². The number of aryl methyl sites for hydroxylation is 2. The minimum Gasteiger partial charge on any atom is -0.335 e. The summed E-state index contributed by atoms with van der Waals surface area (Å²) in [5, 5.41) is 4.76. The van der Waals surface area contributed by atoms with Crippen molar-refractivity contribution in [2.45, 2.75) is 26.9 Å². The van der Waals surface area contributed by atoms with Gasteiger partial charge in [-0.05, 0) is 31.5 Å². The molecule has 7 heteroatoms. The molecule has 1 aliphatic rings. The van der Waals surface area contributed by atoms with Crippen molar-refractivity contribution in [2.75, 3.05) is 26.2 Å². The van der Waals surface area contributed by atoms with E-state index in [1.165, 1.54) is 12.1 Å². The van der Waals surface area contributed by atoms with Crippen LogP contribution in [0, 0.1) is 12.7 Å². The van der Waals surface area contributed by atoms with E-state index in [0.29, 0.717) is 36.0 Å². The first-order chi connectivity index (χ1) is 12.0. The molecule has 0 bridgehead atoms. The van der Waals surface area contributed by atoms with Crippen LogP contribution in [0.1, 0.15) is 28.7 Å². The van der Waals surface area contributed by atoms with Gasteiger partial charge in [0, 0.05) is 39.3 Å². The van der Waals surface area contributed by atoms with Crippen LogP contribution in [0.3, 0.4) is 0 Å². The number of benzene rings is 1. The molecule has 0 saturated carbocycles. The van der Waals surface area contributed by atoms with E-state index in [1.807, 2.05) is 18.7 Å². The normalized spacial score (nSPS) is 15.6. The van der Waals surface area contributed by atoms with Crippen LogP contribution < -0.4 is 0 Å². The largest absolute Gasteiger partial charge is 0.335 e. The molecule has 25 heavy (non-hydrogen) atoms. The van der Waals surface area contributed by atoms with Gasteiger partial charge in [-0.15, -0.1) is 0 Å². The molecule has 134 valence electrons. The molecule has 3 rings (SSSR count). The number of carbonyl (C=O) groups excluding carboxylic acids is 1. The second-order valence-corrected chi connectivity index (χ2v) is 6.64. The molecule has 1 saturated heterocycles.